The fourth-order valence-corrected chi connectivity index (χ4v) is 2.75. The van der Waals surface area contributed by atoms with Crippen molar-refractivity contribution >= 4 is 52.3 Å². The zero-order chi connectivity index (χ0) is 18.7. The summed E-state index contributed by atoms with van der Waals surface area (Å²) >= 11 is 17.8. The van der Waals surface area contributed by atoms with Crippen LogP contribution >= 0.6 is 34.8 Å². The van der Waals surface area contributed by atoms with Crippen LogP contribution in [0.25, 0.3) is 0 Å². The third kappa shape index (κ3) is 4.33. The number of fused-ring (bicyclic) bond motifs is 1. The molecule has 0 fully saturated rings. The van der Waals surface area contributed by atoms with Crippen LogP contribution < -0.4 is 20.1 Å². The summed E-state index contributed by atoms with van der Waals surface area (Å²) in [6, 6.07) is 7.59. The second kappa shape index (κ2) is 8.03. The molecule has 0 aromatic heterocycles. The maximum absolute atomic E-state index is 12.1. The number of ether oxygens (including phenoxy) is 2. The molecule has 2 N–H and O–H groups in total. The second-order valence-corrected chi connectivity index (χ2v) is 6.56. The van der Waals surface area contributed by atoms with Gasteiger partial charge in [-0.1, -0.05) is 34.8 Å². The van der Waals surface area contributed by atoms with E-state index in [1.165, 1.54) is 18.2 Å². The molecule has 0 atom stereocenters. The number of halogens is 3. The van der Waals surface area contributed by atoms with Crippen molar-refractivity contribution in [2.75, 3.05) is 25.1 Å². The SMILES string of the molecule is O=C(CNC(=O)c1ccc(Cl)c(Cl)c1)Nc1cc2c(cc1Cl)OCCO2. The van der Waals surface area contributed by atoms with E-state index in [2.05, 4.69) is 10.6 Å². The standard InChI is InChI=1S/C17H13Cl3N2O4/c18-10-2-1-9(5-11(10)19)17(24)21-8-16(23)22-13-7-15-14(6-12(13)20)25-3-4-26-15/h1-2,5-7H,3-4,8H2,(H,21,24)(H,22,23). The van der Waals surface area contributed by atoms with Crippen LogP contribution in [0.1, 0.15) is 10.4 Å². The summed E-state index contributed by atoms with van der Waals surface area (Å²) in [5.41, 5.74) is 0.661. The van der Waals surface area contributed by atoms with Gasteiger partial charge in [-0.25, -0.2) is 0 Å². The number of hydrogen-bond donors (Lipinski definition) is 2. The molecule has 0 radical (unpaired) electrons. The van der Waals surface area contributed by atoms with Crippen LogP contribution in [-0.4, -0.2) is 31.6 Å². The maximum Gasteiger partial charge on any atom is 0.251 e. The number of hydrogen-bond acceptors (Lipinski definition) is 4. The molecule has 6 nitrogen and oxygen atoms in total. The molecule has 2 amide bonds. The average molecular weight is 416 g/mol. The Labute approximate surface area is 164 Å². The molecule has 2 aromatic rings. The van der Waals surface area contributed by atoms with E-state index in [-0.39, 0.29) is 11.6 Å². The lowest BCUT2D eigenvalue weighted by atomic mass is 10.2. The van der Waals surface area contributed by atoms with Crippen LogP contribution in [0, 0.1) is 0 Å². The van der Waals surface area contributed by atoms with Crippen LogP contribution in [0.4, 0.5) is 5.69 Å². The van der Waals surface area contributed by atoms with Crippen molar-refractivity contribution in [3.8, 4) is 11.5 Å². The highest BCUT2D eigenvalue weighted by Crippen LogP contribution is 2.37. The highest BCUT2D eigenvalue weighted by atomic mass is 35.5. The summed E-state index contributed by atoms with van der Waals surface area (Å²) in [7, 11) is 0. The first kappa shape index (κ1) is 18.6. The summed E-state index contributed by atoms with van der Waals surface area (Å²) < 4.78 is 10.9. The van der Waals surface area contributed by atoms with Crippen molar-refractivity contribution in [3.05, 3.63) is 51.0 Å². The predicted octanol–water partition coefficient (Wildman–Crippen LogP) is 3.79. The molecular formula is C17H13Cl3N2O4. The Morgan fingerprint density at radius 1 is 0.923 bits per heavy atom. The number of amides is 2. The normalized spacial score (nSPS) is 12.4. The van der Waals surface area contributed by atoms with Gasteiger partial charge in [-0.2, -0.15) is 0 Å². The summed E-state index contributed by atoms with van der Waals surface area (Å²) in [4.78, 5) is 24.2. The lowest BCUT2D eigenvalue weighted by Crippen LogP contribution is -2.33. The minimum Gasteiger partial charge on any atom is -0.486 e. The topological polar surface area (TPSA) is 76.7 Å². The first-order chi connectivity index (χ1) is 12.4. The number of carbonyl (C=O) groups excluding carboxylic acids is 2. The molecule has 136 valence electrons. The third-order valence-electron chi connectivity index (χ3n) is 3.50. The van der Waals surface area contributed by atoms with Gasteiger partial charge in [0, 0.05) is 17.7 Å². The van der Waals surface area contributed by atoms with E-state index < -0.39 is 11.8 Å². The fourth-order valence-electron chi connectivity index (χ4n) is 2.25. The predicted molar refractivity (Wildman–Crippen MR) is 99.9 cm³/mol. The smallest absolute Gasteiger partial charge is 0.251 e. The Bertz CT molecular complexity index is 873. The molecule has 0 saturated heterocycles. The molecule has 1 aliphatic heterocycles. The van der Waals surface area contributed by atoms with Crippen LogP contribution in [0.3, 0.4) is 0 Å². The molecule has 3 rings (SSSR count). The quantitative estimate of drug-likeness (QED) is 0.796. The van der Waals surface area contributed by atoms with Crippen molar-refractivity contribution in [3.63, 3.8) is 0 Å². The average Bonchev–Trinajstić information content (AvgIpc) is 2.62. The zero-order valence-electron chi connectivity index (χ0n) is 13.3. The van der Waals surface area contributed by atoms with Gasteiger partial charge >= 0.3 is 0 Å². The van der Waals surface area contributed by atoms with E-state index >= 15 is 0 Å². The summed E-state index contributed by atoms with van der Waals surface area (Å²) in [6.07, 6.45) is 0. The van der Waals surface area contributed by atoms with Gasteiger partial charge in [0.2, 0.25) is 5.91 Å². The van der Waals surface area contributed by atoms with Gasteiger partial charge in [0.15, 0.2) is 11.5 Å². The molecule has 0 aliphatic carbocycles. The highest BCUT2D eigenvalue weighted by molar-refractivity contribution is 6.42. The van der Waals surface area contributed by atoms with Crippen LogP contribution in [-0.2, 0) is 4.79 Å². The molecule has 2 aromatic carbocycles. The first-order valence-corrected chi connectivity index (χ1v) is 8.69. The van der Waals surface area contributed by atoms with Crippen molar-refractivity contribution in [1.29, 1.82) is 0 Å². The van der Waals surface area contributed by atoms with Gasteiger partial charge in [0.1, 0.15) is 13.2 Å². The van der Waals surface area contributed by atoms with E-state index in [0.717, 1.165) is 0 Å². The lowest BCUT2D eigenvalue weighted by Gasteiger charge is -2.20. The fraction of sp³-hybridized carbons (Fsp3) is 0.176. The number of carbonyl (C=O) groups is 2. The molecule has 1 aliphatic rings. The van der Waals surface area contributed by atoms with Gasteiger partial charge in [0.25, 0.3) is 5.91 Å². The second-order valence-electron chi connectivity index (χ2n) is 5.34. The number of rotatable bonds is 4. The van der Waals surface area contributed by atoms with Crippen molar-refractivity contribution in [1.82, 2.24) is 5.32 Å². The molecule has 9 heteroatoms. The molecule has 0 saturated carbocycles. The van der Waals surface area contributed by atoms with E-state index in [4.69, 9.17) is 44.3 Å². The first-order valence-electron chi connectivity index (χ1n) is 7.56. The Balaban J connectivity index is 1.60. The third-order valence-corrected chi connectivity index (χ3v) is 4.55. The zero-order valence-corrected chi connectivity index (χ0v) is 15.5. The monoisotopic (exact) mass is 414 g/mol. The molecular weight excluding hydrogens is 403 g/mol. The molecule has 0 unspecified atom stereocenters. The van der Waals surface area contributed by atoms with Gasteiger partial charge < -0.3 is 20.1 Å². The molecule has 0 bridgehead atoms. The van der Waals surface area contributed by atoms with E-state index in [9.17, 15) is 9.59 Å². The van der Waals surface area contributed by atoms with Crippen molar-refractivity contribution < 1.29 is 19.1 Å². The minimum atomic E-state index is -0.452. The molecule has 26 heavy (non-hydrogen) atoms. The Hall–Kier alpha value is -2.15. The van der Waals surface area contributed by atoms with Crippen LogP contribution in [0.2, 0.25) is 15.1 Å². The number of nitrogens with one attached hydrogen (secondary N) is 2. The summed E-state index contributed by atoms with van der Waals surface area (Å²) in [6.45, 7) is 0.612. The Kier molecular flexibility index (Phi) is 5.76. The number of anilines is 1. The van der Waals surface area contributed by atoms with E-state index in [1.807, 2.05) is 0 Å². The molecule has 0 spiro atoms. The van der Waals surface area contributed by atoms with Gasteiger partial charge in [0.05, 0.1) is 27.3 Å². The van der Waals surface area contributed by atoms with Gasteiger partial charge in [-0.3, -0.25) is 9.59 Å². The maximum atomic E-state index is 12.1. The van der Waals surface area contributed by atoms with Crippen molar-refractivity contribution in [2.45, 2.75) is 0 Å². The summed E-state index contributed by atoms with van der Waals surface area (Å²) in [5.74, 6) is 0.118. The van der Waals surface area contributed by atoms with Gasteiger partial charge in [-0.15, -0.1) is 0 Å². The summed E-state index contributed by atoms with van der Waals surface area (Å²) in [5, 5.41) is 6.02. The highest BCUT2D eigenvalue weighted by Gasteiger charge is 2.17. The molecule has 1 heterocycles. The minimum absolute atomic E-state index is 0.246. The van der Waals surface area contributed by atoms with Crippen molar-refractivity contribution in [2.24, 2.45) is 0 Å². The Morgan fingerprint density at radius 3 is 2.31 bits per heavy atom. The van der Waals surface area contributed by atoms with E-state index in [0.29, 0.717) is 46.0 Å². The Morgan fingerprint density at radius 2 is 1.62 bits per heavy atom. The number of benzene rings is 2. The largest absolute Gasteiger partial charge is 0.486 e. The van der Waals surface area contributed by atoms with Gasteiger partial charge in [-0.05, 0) is 18.2 Å². The lowest BCUT2D eigenvalue weighted by molar-refractivity contribution is -0.115. The van der Waals surface area contributed by atoms with Crippen LogP contribution in [0.15, 0.2) is 30.3 Å². The van der Waals surface area contributed by atoms with Crippen LogP contribution in [0.5, 0.6) is 11.5 Å². The van der Waals surface area contributed by atoms with E-state index in [1.54, 1.807) is 12.1 Å².